The van der Waals surface area contributed by atoms with Gasteiger partial charge in [0.05, 0.1) is 0 Å². The second-order valence-electron chi connectivity index (χ2n) is 1.76. The Balaban J connectivity index is 3.43. The van der Waals surface area contributed by atoms with Crippen molar-refractivity contribution in [2.24, 2.45) is 0 Å². The van der Waals surface area contributed by atoms with Crippen LogP contribution in [0.4, 0.5) is 0 Å². The van der Waals surface area contributed by atoms with Crippen LogP contribution in [-0.4, -0.2) is 26.8 Å². The molecule has 0 spiro atoms. The van der Waals surface area contributed by atoms with Crippen LogP contribution >= 0.6 is 0 Å². The quantitative estimate of drug-likeness (QED) is 0.595. The molecule has 0 fully saturated rings. The number of hydrogen-bond donors (Lipinski definition) is 1. The molecule has 1 atom stereocenters. The lowest BCUT2D eigenvalue weighted by molar-refractivity contribution is -0.133. The van der Waals surface area contributed by atoms with Gasteiger partial charge in [-0.15, -0.1) is 6.58 Å². The first-order valence-corrected chi connectivity index (χ1v) is 4.33. The summed E-state index contributed by atoms with van der Waals surface area (Å²) in [6.45, 7) is 3.43. The van der Waals surface area contributed by atoms with Gasteiger partial charge in [0.2, 0.25) is 0 Å². The molecule has 0 amide bonds. The molecule has 0 aromatic rings. The summed E-state index contributed by atoms with van der Waals surface area (Å²) in [6.07, 6.45) is 2.24. The molecule has 4 heteroatoms. The van der Waals surface area contributed by atoms with E-state index in [9.17, 15) is 9.00 Å². The van der Waals surface area contributed by atoms with Gasteiger partial charge in [-0.2, -0.15) is 0 Å². The van der Waals surface area contributed by atoms with Gasteiger partial charge in [0.15, 0.2) is 0 Å². The van der Waals surface area contributed by atoms with E-state index in [4.69, 9.17) is 5.11 Å². The molecule has 0 aromatic carbocycles. The molecule has 0 aliphatic rings. The first-order chi connectivity index (χ1) is 4.66. The van der Waals surface area contributed by atoms with E-state index in [1.807, 2.05) is 0 Å². The molecule has 0 aliphatic heterocycles. The zero-order valence-corrected chi connectivity index (χ0v) is 6.39. The standard InChI is InChI=1S/C6H10O3S/c1-2-3-4-10(9)5-6(7)8/h2H,1,3-5H2,(H,7,8). The van der Waals surface area contributed by atoms with E-state index in [1.54, 1.807) is 6.08 Å². The summed E-state index contributed by atoms with van der Waals surface area (Å²) in [5.74, 6) is -0.869. The van der Waals surface area contributed by atoms with Crippen molar-refractivity contribution >= 4 is 16.8 Å². The minimum atomic E-state index is -1.22. The van der Waals surface area contributed by atoms with E-state index in [0.29, 0.717) is 12.2 Å². The zero-order valence-electron chi connectivity index (χ0n) is 5.58. The highest BCUT2D eigenvalue weighted by molar-refractivity contribution is 7.85. The maximum atomic E-state index is 10.7. The van der Waals surface area contributed by atoms with E-state index < -0.39 is 16.8 Å². The number of carbonyl (C=O) groups is 1. The molecule has 0 radical (unpaired) electrons. The predicted octanol–water partition coefficient (Wildman–Crippen LogP) is 0.396. The van der Waals surface area contributed by atoms with E-state index in [1.165, 1.54) is 0 Å². The lowest BCUT2D eigenvalue weighted by atomic mass is 10.5. The van der Waals surface area contributed by atoms with Crippen molar-refractivity contribution < 1.29 is 14.1 Å². The van der Waals surface area contributed by atoms with E-state index in [0.717, 1.165) is 0 Å². The molecule has 58 valence electrons. The highest BCUT2D eigenvalue weighted by atomic mass is 32.2. The van der Waals surface area contributed by atoms with Gasteiger partial charge in [0.25, 0.3) is 0 Å². The van der Waals surface area contributed by atoms with E-state index in [-0.39, 0.29) is 5.75 Å². The Hall–Kier alpha value is -0.640. The normalized spacial score (nSPS) is 12.4. The average molecular weight is 162 g/mol. The smallest absolute Gasteiger partial charge is 0.316 e. The Bertz CT molecular complexity index is 153. The van der Waals surface area contributed by atoms with Crippen LogP contribution in [-0.2, 0) is 15.6 Å². The zero-order chi connectivity index (χ0) is 7.98. The summed E-state index contributed by atoms with van der Waals surface area (Å²) in [6, 6.07) is 0. The summed E-state index contributed by atoms with van der Waals surface area (Å²) < 4.78 is 10.7. The van der Waals surface area contributed by atoms with Crippen LogP contribution < -0.4 is 0 Å². The SMILES string of the molecule is C=CCCS(=O)CC(=O)O. The lowest BCUT2D eigenvalue weighted by Gasteiger charge is -1.93. The maximum absolute atomic E-state index is 10.7. The molecule has 1 unspecified atom stereocenters. The summed E-state index contributed by atoms with van der Waals surface area (Å²) in [5.41, 5.74) is 0. The topological polar surface area (TPSA) is 54.4 Å². The maximum Gasteiger partial charge on any atom is 0.316 e. The third-order valence-corrected chi connectivity index (χ3v) is 2.09. The molecule has 0 heterocycles. The minimum Gasteiger partial charge on any atom is -0.481 e. The summed E-state index contributed by atoms with van der Waals surface area (Å²) in [5, 5.41) is 8.16. The van der Waals surface area contributed by atoms with E-state index in [2.05, 4.69) is 6.58 Å². The third kappa shape index (κ3) is 5.50. The van der Waals surface area contributed by atoms with E-state index >= 15 is 0 Å². The van der Waals surface area contributed by atoms with Gasteiger partial charge in [-0.1, -0.05) is 6.08 Å². The Morgan fingerprint density at radius 2 is 2.30 bits per heavy atom. The molecular weight excluding hydrogens is 152 g/mol. The fraction of sp³-hybridized carbons (Fsp3) is 0.500. The Kier molecular flexibility index (Phi) is 4.84. The second-order valence-corrected chi connectivity index (χ2v) is 3.34. The molecule has 0 bridgehead atoms. The van der Waals surface area contributed by atoms with Gasteiger partial charge in [-0.3, -0.25) is 9.00 Å². The lowest BCUT2D eigenvalue weighted by Crippen LogP contribution is -2.11. The van der Waals surface area contributed by atoms with Crippen molar-refractivity contribution in [3.8, 4) is 0 Å². The molecule has 3 nitrogen and oxygen atoms in total. The third-order valence-electron chi connectivity index (χ3n) is 0.834. The number of hydrogen-bond acceptors (Lipinski definition) is 2. The average Bonchev–Trinajstić information content (AvgIpc) is 1.82. The minimum absolute atomic E-state index is 0.256. The van der Waals surface area contributed by atoms with Crippen LogP contribution in [0.2, 0.25) is 0 Å². The highest BCUT2D eigenvalue weighted by Gasteiger charge is 2.03. The number of rotatable bonds is 5. The molecule has 0 saturated heterocycles. The van der Waals surface area contributed by atoms with Crippen molar-refractivity contribution in [1.29, 1.82) is 0 Å². The molecular formula is C6H10O3S. The Labute approximate surface area is 62.2 Å². The van der Waals surface area contributed by atoms with Gasteiger partial charge in [-0.25, -0.2) is 0 Å². The largest absolute Gasteiger partial charge is 0.481 e. The van der Waals surface area contributed by atoms with Crippen LogP contribution in [0.1, 0.15) is 6.42 Å². The summed E-state index contributed by atoms with van der Waals surface area (Å²) >= 11 is 0. The van der Waals surface area contributed by atoms with Gasteiger partial charge >= 0.3 is 5.97 Å². The molecule has 1 N–H and O–H groups in total. The van der Waals surface area contributed by atoms with Crippen molar-refractivity contribution in [3.05, 3.63) is 12.7 Å². The molecule has 0 saturated carbocycles. The van der Waals surface area contributed by atoms with Crippen LogP contribution in [0, 0.1) is 0 Å². The van der Waals surface area contributed by atoms with Crippen LogP contribution in [0.15, 0.2) is 12.7 Å². The van der Waals surface area contributed by atoms with Crippen molar-refractivity contribution in [2.45, 2.75) is 6.42 Å². The van der Waals surface area contributed by atoms with Crippen molar-refractivity contribution in [1.82, 2.24) is 0 Å². The predicted molar refractivity (Wildman–Crippen MR) is 40.3 cm³/mol. The van der Waals surface area contributed by atoms with Crippen LogP contribution in [0.5, 0.6) is 0 Å². The molecule has 10 heavy (non-hydrogen) atoms. The number of aliphatic carboxylic acids is 1. The Morgan fingerprint density at radius 1 is 1.70 bits per heavy atom. The van der Waals surface area contributed by atoms with Crippen molar-refractivity contribution in [3.63, 3.8) is 0 Å². The molecule has 0 aromatic heterocycles. The summed E-state index contributed by atoms with van der Waals surface area (Å²) in [4.78, 5) is 9.95. The van der Waals surface area contributed by atoms with Crippen molar-refractivity contribution in [2.75, 3.05) is 11.5 Å². The molecule has 0 aliphatic carbocycles. The van der Waals surface area contributed by atoms with Crippen LogP contribution in [0.25, 0.3) is 0 Å². The number of allylic oxidation sites excluding steroid dienone is 1. The number of carboxylic acid groups (broad SMARTS) is 1. The van der Waals surface area contributed by atoms with Gasteiger partial charge in [0, 0.05) is 16.6 Å². The first kappa shape index (κ1) is 9.36. The highest BCUT2D eigenvalue weighted by Crippen LogP contribution is 1.87. The monoisotopic (exact) mass is 162 g/mol. The van der Waals surface area contributed by atoms with Gasteiger partial charge in [0.1, 0.15) is 5.75 Å². The first-order valence-electron chi connectivity index (χ1n) is 2.84. The summed E-state index contributed by atoms with van der Waals surface area (Å²) in [7, 11) is -1.22. The second kappa shape index (κ2) is 5.17. The molecule has 0 rings (SSSR count). The fourth-order valence-electron chi connectivity index (χ4n) is 0.425. The fourth-order valence-corrected chi connectivity index (χ4v) is 1.27. The number of carboxylic acids is 1. The van der Waals surface area contributed by atoms with Crippen LogP contribution in [0.3, 0.4) is 0 Å². The van der Waals surface area contributed by atoms with Gasteiger partial charge < -0.3 is 5.11 Å². The Morgan fingerprint density at radius 3 is 2.70 bits per heavy atom. The van der Waals surface area contributed by atoms with Gasteiger partial charge in [-0.05, 0) is 6.42 Å².